The summed E-state index contributed by atoms with van der Waals surface area (Å²) in [5.41, 5.74) is 2.39. The molecule has 2 aromatic heterocycles. The first-order valence-electron chi connectivity index (χ1n) is 4.58. The van der Waals surface area contributed by atoms with Gasteiger partial charge in [-0.15, -0.1) is 0 Å². The van der Waals surface area contributed by atoms with E-state index < -0.39 is 0 Å². The van der Waals surface area contributed by atoms with Crippen molar-refractivity contribution in [1.82, 2.24) is 9.97 Å². The normalized spacial score (nSPS) is 16.4. The molecular weight excluding hydrogens is 355 g/mol. The lowest BCUT2D eigenvalue weighted by Crippen LogP contribution is -1.80. The van der Waals surface area contributed by atoms with E-state index in [1.54, 1.807) is 0 Å². The van der Waals surface area contributed by atoms with Gasteiger partial charge in [-0.05, 0) is 57.4 Å². The predicted molar refractivity (Wildman–Crippen MR) is 68.5 cm³/mol. The fourth-order valence-corrected chi connectivity index (χ4v) is 3.00. The molecule has 1 saturated carbocycles. The summed E-state index contributed by atoms with van der Waals surface area (Å²) in [5, 5.41) is 1.24. The van der Waals surface area contributed by atoms with Crippen molar-refractivity contribution in [2.75, 3.05) is 0 Å². The number of nitrogens with one attached hydrogen (secondary N) is 1. The van der Waals surface area contributed by atoms with Gasteiger partial charge >= 0.3 is 0 Å². The van der Waals surface area contributed by atoms with Crippen LogP contribution in [0.3, 0.4) is 0 Å². The molecule has 0 atom stereocenters. The average molecular weight is 363 g/mol. The largest absolute Gasteiger partial charge is 0.342 e. The van der Waals surface area contributed by atoms with E-state index in [9.17, 15) is 0 Å². The molecular formula is C10H8BrIN2. The Hall–Kier alpha value is -0.100. The van der Waals surface area contributed by atoms with Crippen molar-refractivity contribution in [3.63, 3.8) is 0 Å². The van der Waals surface area contributed by atoms with Crippen LogP contribution in [0.1, 0.15) is 24.5 Å². The third kappa shape index (κ3) is 1.39. The van der Waals surface area contributed by atoms with Gasteiger partial charge in [0.2, 0.25) is 0 Å². The molecule has 0 unspecified atom stereocenters. The number of hydrogen-bond donors (Lipinski definition) is 1. The Morgan fingerprint density at radius 2 is 2.29 bits per heavy atom. The lowest BCUT2D eigenvalue weighted by Gasteiger charge is -1.92. The van der Waals surface area contributed by atoms with Crippen LogP contribution < -0.4 is 0 Å². The van der Waals surface area contributed by atoms with E-state index in [4.69, 9.17) is 0 Å². The number of aromatic nitrogens is 2. The lowest BCUT2D eigenvalue weighted by atomic mass is 10.2. The van der Waals surface area contributed by atoms with Crippen molar-refractivity contribution in [2.45, 2.75) is 18.8 Å². The number of hydrogen-bond acceptors (Lipinski definition) is 1. The van der Waals surface area contributed by atoms with Crippen LogP contribution in [0.2, 0.25) is 0 Å². The number of halogens is 2. The Bertz CT molecular complexity index is 502. The van der Waals surface area contributed by atoms with Gasteiger partial charge in [0, 0.05) is 31.2 Å². The number of H-pyrrole nitrogens is 1. The summed E-state index contributed by atoms with van der Waals surface area (Å²) in [6.07, 6.45) is 4.49. The molecule has 14 heavy (non-hydrogen) atoms. The van der Waals surface area contributed by atoms with E-state index in [-0.39, 0.29) is 0 Å². The van der Waals surface area contributed by atoms with Crippen LogP contribution in [0.4, 0.5) is 0 Å². The quantitative estimate of drug-likeness (QED) is 0.768. The highest BCUT2D eigenvalue weighted by atomic mass is 127. The Balaban J connectivity index is 2.29. The predicted octanol–water partition coefficient (Wildman–Crippen LogP) is 3.81. The van der Waals surface area contributed by atoms with Crippen molar-refractivity contribution in [1.29, 1.82) is 0 Å². The minimum Gasteiger partial charge on any atom is -0.342 e. The number of pyridine rings is 1. The molecule has 2 nitrogen and oxygen atoms in total. The highest BCUT2D eigenvalue weighted by Gasteiger charge is 2.28. The van der Waals surface area contributed by atoms with Crippen molar-refractivity contribution >= 4 is 49.6 Å². The highest BCUT2D eigenvalue weighted by molar-refractivity contribution is 14.1. The molecule has 0 saturated heterocycles. The zero-order valence-electron chi connectivity index (χ0n) is 7.35. The standard InChI is InChI=1S/C10H8BrIN2/c11-6-3-7-8(12)9(5-1-2-5)14-10(7)13-4-6/h3-5H,1-2H2,(H,13,14). The monoisotopic (exact) mass is 362 g/mol. The third-order valence-corrected chi connectivity index (χ3v) is 4.16. The summed E-state index contributed by atoms with van der Waals surface area (Å²) in [4.78, 5) is 7.78. The highest BCUT2D eigenvalue weighted by Crippen LogP contribution is 2.43. The summed E-state index contributed by atoms with van der Waals surface area (Å²) in [5.74, 6) is 0.759. The second-order valence-corrected chi connectivity index (χ2v) is 5.67. The summed E-state index contributed by atoms with van der Waals surface area (Å²) in [6.45, 7) is 0. The molecule has 0 amide bonds. The minimum atomic E-state index is 0.759. The summed E-state index contributed by atoms with van der Waals surface area (Å²) in [7, 11) is 0. The van der Waals surface area contributed by atoms with Gasteiger partial charge in [0.25, 0.3) is 0 Å². The molecule has 0 aliphatic heterocycles. The Morgan fingerprint density at radius 3 is 3.00 bits per heavy atom. The Labute approximate surface area is 104 Å². The summed E-state index contributed by atoms with van der Waals surface area (Å²) in [6, 6.07) is 2.13. The maximum Gasteiger partial charge on any atom is 0.138 e. The molecule has 2 heterocycles. The molecule has 0 spiro atoms. The fourth-order valence-electron chi connectivity index (χ4n) is 1.69. The number of nitrogens with zero attached hydrogens (tertiary/aromatic N) is 1. The fraction of sp³-hybridized carbons (Fsp3) is 0.300. The zero-order valence-corrected chi connectivity index (χ0v) is 11.1. The zero-order chi connectivity index (χ0) is 9.71. The van der Waals surface area contributed by atoms with E-state index in [1.165, 1.54) is 27.5 Å². The van der Waals surface area contributed by atoms with Gasteiger partial charge in [0.15, 0.2) is 0 Å². The number of fused-ring (bicyclic) bond motifs is 1. The number of rotatable bonds is 1. The summed E-state index contributed by atoms with van der Waals surface area (Å²) >= 11 is 5.86. The van der Waals surface area contributed by atoms with E-state index in [2.05, 4.69) is 54.6 Å². The van der Waals surface area contributed by atoms with E-state index in [0.29, 0.717) is 0 Å². The third-order valence-electron chi connectivity index (χ3n) is 2.57. The van der Waals surface area contributed by atoms with E-state index in [0.717, 1.165) is 16.0 Å². The van der Waals surface area contributed by atoms with Crippen LogP contribution in [-0.4, -0.2) is 9.97 Å². The topological polar surface area (TPSA) is 28.7 Å². The second kappa shape index (κ2) is 3.20. The molecule has 0 aromatic carbocycles. The lowest BCUT2D eigenvalue weighted by molar-refractivity contribution is 1.04. The van der Waals surface area contributed by atoms with Crippen molar-refractivity contribution in [3.05, 3.63) is 26.0 Å². The van der Waals surface area contributed by atoms with E-state index in [1.807, 2.05) is 6.20 Å². The molecule has 4 heteroatoms. The van der Waals surface area contributed by atoms with Gasteiger partial charge in [-0.25, -0.2) is 4.98 Å². The van der Waals surface area contributed by atoms with Crippen LogP contribution >= 0.6 is 38.5 Å². The average Bonchev–Trinajstić information content (AvgIpc) is 2.95. The van der Waals surface area contributed by atoms with Crippen molar-refractivity contribution < 1.29 is 0 Å². The first kappa shape index (κ1) is 9.15. The van der Waals surface area contributed by atoms with Crippen molar-refractivity contribution in [2.24, 2.45) is 0 Å². The first-order chi connectivity index (χ1) is 6.75. The Morgan fingerprint density at radius 1 is 1.50 bits per heavy atom. The molecule has 72 valence electrons. The van der Waals surface area contributed by atoms with Gasteiger partial charge < -0.3 is 4.98 Å². The molecule has 1 aliphatic carbocycles. The maximum atomic E-state index is 4.37. The summed E-state index contributed by atoms with van der Waals surface area (Å²) < 4.78 is 2.39. The van der Waals surface area contributed by atoms with E-state index >= 15 is 0 Å². The van der Waals surface area contributed by atoms with Gasteiger partial charge in [-0.2, -0.15) is 0 Å². The van der Waals surface area contributed by atoms with Gasteiger partial charge in [-0.3, -0.25) is 0 Å². The number of aromatic amines is 1. The molecule has 0 radical (unpaired) electrons. The first-order valence-corrected chi connectivity index (χ1v) is 6.45. The van der Waals surface area contributed by atoms with Gasteiger partial charge in [0.05, 0.1) is 0 Å². The minimum absolute atomic E-state index is 0.759. The molecule has 1 fully saturated rings. The SMILES string of the molecule is Brc1cnc2[nH]c(C3CC3)c(I)c2c1. The van der Waals surface area contributed by atoms with Crippen LogP contribution in [-0.2, 0) is 0 Å². The van der Waals surface area contributed by atoms with Crippen LogP contribution in [0.15, 0.2) is 16.7 Å². The van der Waals surface area contributed by atoms with Gasteiger partial charge in [0.1, 0.15) is 5.65 Å². The maximum absolute atomic E-state index is 4.37. The molecule has 1 N–H and O–H groups in total. The Kier molecular flexibility index (Phi) is 2.09. The van der Waals surface area contributed by atoms with Crippen LogP contribution in [0, 0.1) is 3.57 Å². The molecule has 1 aliphatic rings. The molecule has 3 rings (SSSR count). The van der Waals surface area contributed by atoms with Gasteiger partial charge in [-0.1, -0.05) is 0 Å². The smallest absolute Gasteiger partial charge is 0.138 e. The van der Waals surface area contributed by atoms with Crippen molar-refractivity contribution in [3.8, 4) is 0 Å². The molecule has 0 bridgehead atoms. The van der Waals surface area contributed by atoms with Crippen LogP contribution in [0.5, 0.6) is 0 Å². The van der Waals surface area contributed by atoms with Crippen LogP contribution in [0.25, 0.3) is 11.0 Å². The molecule has 2 aromatic rings. The second-order valence-electron chi connectivity index (χ2n) is 3.68.